The number of urea groups is 2. The van der Waals surface area contributed by atoms with Gasteiger partial charge in [-0.15, -0.1) is 0 Å². The molecule has 0 radical (unpaired) electrons. The number of benzene rings is 1. The third-order valence-electron chi connectivity index (χ3n) is 3.96. The van der Waals surface area contributed by atoms with Crippen LogP contribution >= 0.6 is 11.3 Å². The first-order valence-electron chi connectivity index (χ1n) is 8.37. The number of rotatable bonds is 6. The van der Waals surface area contributed by atoms with Crippen LogP contribution in [0.1, 0.15) is 26.7 Å². The fourth-order valence-corrected chi connectivity index (χ4v) is 3.87. The van der Waals surface area contributed by atoms with E-state index >= 15 is 0 Å². The second kappa shape index (κ2) is 8.15. The van der Waals surface area contributed by atoms with Crippen LogP contribution in [-0.4, -0.2) is 40.3 Å². The van der Waals surface area contributed by atoms with E-state index in [2.05, 4.69) is 4.98 Å². The van der Waals surface area contributed by atoms with E-state index in [1.165, 1.54) is 16.3 Å². The van der Waals surface area contributed by atoms with Gasteiger partial charge in [0.2, 0.25) is 0 Å². The third-order valence-corrected chi connectivity index (χ3v) is 4.91. The maximum Gasteiger partial charge on any atom is 0.446 e. The molecule has 140 valence electrons. The van der Waals surface area contributed by atoms with Crippen LogP contribution < -0.4 is 16.1 Å². The number of carbonyl (C=O) groups is 2. The molecule has 0 saturated carbocycles. The van der Waals surface area contributed by atoms with Crippen LogP contribution in [0.25, 0.3) is 11.3 Å². The highest BCUT2D eigenvalue weighted by Crippen LogP contribution is 2.34. The summed E-state index contributed by atoms with van der Waals surface area (Å²) in [5.41, 5.74) is 12.6. The van der Waals surface area contributed by atoms with Gasteiger partial charge in [-0.3, -0.25) is 0 Å². The van der Waals surface area contributed by atoms with Crippen molar-refractivity contribution in [2.75, 3.05) is 13.1 Å². The molecule has 1 atom stereocenters. The van der Waals surface area contributed by atoms with Crippen LogP contribution in [-0.2, 0) is 0 Å². The number of thiazole rings is 1. The highest BCUT2D eigenvalue weighted by molar-refractivity contribution is 7.14. The molecule has 5 N–H and O–H groups in total. The minimum Gasteiger partial charge on any atom is -0.508 e. The number of aromatic hydroxyl groups is 1. The van der Waals surface area contributed by atoms with Crippen LogP contribution in [0.3, 0.4) is 0 Å². The van der Waals surface area contributed by atoms with Gasteiger partial charge in [-0.2, -0.15) is 9.99 Å². The SMILES string of the molecule is CCCN(C(N)=O)[N+](CCC)(C(N)=O)c1nc(-c2cccc(O)c2)cs1. The Hall–Kier alpha value is -2.65. The average molecular weight is 378 g/mol. The molecule has 0 aliphatic rings. The minimum absolute atomic E-state index is 0.117. The maximum absolute atomic E-state index is 12.5. The van der Waals surface area contributed by atoms with Gasteiger partial charge in [0.05, 0.1) is 12.2 Å². The normalized spacial score (nSPS) is 13.2. The van der Waals surface area contributed by atoms with Gasteiger partial charge in [-0.05, 0) is 25.0 Å². The number of hydrogen-bond acceptors (Lipinski definition) is 5. The lowest BCUT2D eigenvalue weighted by molar-refractivity contribution is 0.0587. The van der Waals surface area contributed by atoms with E-state index in [1.54, 1.807) is 29.6 Å². The minimum atomic E-state index is -0.729. The lowest BCUT2D eigenvalue weighted by Crippen LogP contribution is -2.70. The van der Waals surface area contributed by atoms with Crippen molar-refractivity contribution < 1.29 is 14.7 Å². The number of phenols is 1. The molecule has 1 heterocycles. The number of primary amides is 2. The Labute approximate surface area is 156 Å². The van der Waals surface area contributed by atoms with E-state index in [1.807, 2.05) is 13.8 Å². The summed E-state index contributed by atoms with van der Waals surface area (Å²) in [5.74, 6) is 0.117. The monoisotopic (exact) mass is 378 g/mol. The molecule has 0 saturated heterocycles. The van der Waals surface area contributed by atoms with E-state index in [0.29, 0.717) is 29.2 Å². The Morgan fingerprint density at radius 1 is 1.27 bits per heavy atom. The predicted octanol–water partition coefficient (Wildman–Crippen LogP) is 3.02. The van der Waals surface area contributed by atoms with Crippen molar-refractivity contribution in [1.29, 1.82) is 0 Å². The molecule has 26 heavy (non-hydrogen) atoms. The zero-order valence-electron chi connectivity index (χ0n) is 14.9. The van der Waals surface area contributed by atoms with Crippen LogP contribution in [0.15, 0.2) is 29.6 Å². The molecular weight excluding hydrogens is 354 g/mol. The number of nitrogens with zero attached hydrogens (tertiary/aromatic N) is 3. The quantitative estimate of drug-likeness (QED) is 0.528. The van der Waals surface area contributed by atoms with Crippen molar-refractivity contribution in [3.05, 3.63) is 29.6 Å². The molecule has 2 rings (SSSR count). The Morgan fingerprint density at radius 3 is 2.54 bits per heavy atom. The van der Waals surface area contributed by atoms with Gasteiger partial charge in [-0.1, -0.05) is 41.9 Å². The Morgan fingerprint density at radius 2 is 2.00 bits per heavy atom. The number of quaternary nitrogens is 1. The highest BCUT2D eigenvalue weighted by atomic mass is 32.1. The van der Waals surface area contributed by atoms with Gasteiger partial charge in [0.15, 0.2) is 0 Å². The van der Waals surface area contributed by atoms with E-state index in [4.69, 9.17) is 11.5 Å². The summed E-state index contributed by atoms with van der Waals surface area (Å²) < 4.78 is -0.539. The number of phenolic OH excluding ortho intramolecular Hbond substituents is 1. The molecule has 0 fully saturated rings. The largest absolute Gasteiger partial charge is 0.508 e. The summed E-state index contributed by atoms with van der Waals surface area (Å²) in [5, 5.41) is 13.1. The number of hydrogen-bond donors (Lipinski definition) is 3. The molecular formula is C17H24N5O3S+. The second-order valence-electron chi connectivity index (χ2n) is 5.86. The van der Waals surface area contributed by atoms with Crippen molar-refractivity contribution in [1.82, 2.24) is 14.6 Å². The van der Waals surface area contributed by atoms with E-state index in [-0.39, 0.29) is 18.8 Å². The smallest absolute Gasteiger partial charge is 0.446 e. The van der Waals surface area contributed by atoms with Gasteiger partial charge in [0.25, 0.3) is 0 Å². The van der Waals surface area contributed by atoms with Gasteiger partial charge >= 0.3 is 17.2 Å². The summed E-state index contributed by atoms with van der Waals surface area (Å²) in [4.78, 5) is 29.1. The second-order valence-corrected chi connectivity index (χ2v) is 6.69. The van der Waals surface area contributed by atoms with Crippen molar-refractivity contribution in [3.63, 3.8) is 0 Å². The standard InChI is InChI=1S/C17H23N5O3S/c1-3-8-21(15(18)24)22(9-4-2,16(19)25)17-20-14(11-26-17)12-6-5-7-13(23)10-12/h5-7,10-11H,3-4,8-9H2,1-2H3,(H4-,18,19,23,24,25)/p+1. The zero-order chi connectivity index (χ0) is 19.3. The average Bonchev–Trinajstić information content (AvgIpc) is 3.08. The maximum atomic E-state index is 12.5. The fraction of sp³-hybridized carbons (Fsp3) is 0.353. The first-order valence-corrected chi connectivity index (χ1v) is 9.25. The molecule has 8 nitrogen and oxygen atoms in total. The summed E-state index contributed by atoms with van der Waals surface area (Å²) in [6.07, 6.45) is 1.21. The summed E-state index contributed by atoms with van der Waals surface area (Å²) >= 11 is 1.23. The summed E-state index contributed by atoms with van der Waals surface area (Å²) in [6, 6.07) is 5.21. The fourth-order valence-electron chi connectivity index (χ4n) is 2.86. The van der Waals surface area contributed by atoms with Crippen LogP contribution in [0.2, 0.25) is 0 Å². The molecule has 1 aromatic heterocycles. The van der Waals surface area contributed by atoms with Crippen molar-refractivity contribution >= 4 is 28.5 Å². The lowest BCUT2D eigenvalue weighted by atomic mass is 10.2. The Balaban J connectivity index is 2.59. The molecule has 1 aromatic carbocycles. The lowest BCUT2D eigenvalue weighted by Gasteiger charge is -2.38. The zero-order valence-corrected chi connectivity index (χ0v) is 15.7. The number of aromatic nitrogens is 1. The number of nitrogens with two attached hydrogens (primary N) is 2. The predicted molar refractivity (Wildman–Crippen MR) is 102 cm³/mol. The van der Waals surface area contributed by atoms with Gasteiger partial charge < -0.3 is 16.6 Å². The molecule has 0 aliphatic carbocycles. The number of amides is 4. The van der Waals surface area contributed by atoms with E-state index in [0.717, 1.165) is 0 Å². The van der Waals surface area contributed by atoms with Gasteiger partial charge in [-0.25, -0.2) is 9.59 Å². The van der Waals surface area contributed by atoms with Crippen molar-refractivity contribution in [3.8, 4) is 17.0 Å². The molecule has 0 spiro atoms. The molecule has 1 unspecified atom stereocenters. The van der Waals surface area contributed by atoms with Gasteiger partial charge in [0, 0.05) is 10.9 Å². The molecule has 0 aliphatic heterocycles. The van der Waals surface area contributed by atoms with E-state index < -0.39 is 16.7 Å². The topological polar surface area (TPSA) is 123 Å². The highest BCUT2D eigenvalue weighted by Gasteiger charge is 2.48. The van der Waals surface area contributed by atoms with Crippen molar-refractivity contribution in [2.45, 2.75) is 26.7 Å². The van der Waals surface area contributed by atoms with Crippen LogP contribution in [0, 0.1) is 0 Å². The van der Waals surface area contributed by atoms with Gasteiger partial charge in [0.1, 0.15) is 12.3 Å². The van der Waals surface area contributed by atoms with Crippen LogP contribution in [0.4, 0.5) is 14.7 Å². The molecule has 0 bridgehead atoms. The first-order chi connectivity index (χ1) is 12.4. The Kier molecular flexibility index (Phi) is 6.17. The number of carbonyl (C=O) groups excluding carboxylic acids is 2. The first kappa shape index (κ1) is 19.7. The van der Waals surface area contributed by atoms with Crippen LogP contribution in [0.5, 0.6) is 5.75 Å². The third kappa shape index (κ3) is 3.63. The molecule has 9 heteroatoms. The van der Waals surface area contributed by atoms with Crippen molar-refractivity contribution in [2.24, 2.45) is 11.5 Å². The Bertz CT molecular complexity index is 794. The summed E-state index contributed by atoms with van der Waals surface area (Å²) in [6.45, 7) is 4.33. The molecule has 2 aromatic rings. The summed E-state index contributed by atoms with van der Waals surface area (Å²) in [7, 11) is 0. The molecule has 4 amide bonds. The van der Waals surface area contributed by atoms with E-state index in [9.17, 15) is 14.7 Å².